The summed E-state index contributed by atoms with van der Waals surface area (Å²) in [5.74, 6) is 0. The third-order valence-corrected chi connectivity index (χ3v) is 7.00. The molecule has 0 aromatic rings. The molecule has 16 heavy (non-hydrogen) atoms. The highest BCUT2D eigenvalue weighted by Crippen LogP contribution is 2.19. The van der Waals surface area contributed by atoms with E-state index in [0.29, 0.717) is 0 Å². The van der Waals surface area contributed by atoms with Crippen molar-refractivity contribution in [3.63, 3.8) is 0 Å². The predicted octanol–water partition coefficient (Wildman–Crippen LogP) is 5.76. The number of rotatable bonds is 9. The van der Waals surface area contributed by atoms with Crippen LogP contribution in [-0.4, -0.2) is 7.38 Å². The van der Waals surface area contributed by atoms with Gasteiger partial charge in [-0.3, -0.25) is 0 Å². The second-order valence-electron chi connectivity index (χ2n) is 4.37. The van der Waals surface area contributed by atoms with Crippen LogP contribution in [0.15, 0.2) is 23.6 Å². The van der Waals surface area contributed by atoms with E-state index < -0.39 is 7.38 Å². The van der Waals surface area contributed by atoms with Crippen molar-refractivity contribution in [2.75, 3.05) is 0 Å². The lowest BCUT2D eigenvalue weighted by Gasteiger charge is -2.13. The summed E-state index contributed by atoms with van der Waals surface area (Å²) in [6.07, 6.45) is 12.0. The summed E-state index contributed by atoms with van der Waals surface area (Å²) in [5.41, 5.74) is 4.60. The molecule has 0 aliphatic heterocycles. The van der Waals surface area contributed by atoms with Gasteiger partial charge in [0.25, 0.3) is 0 Å². The highest BCUT2D eigenvalue weighted by molar-refractivity contribution is 7.26. The zero-order valence-corrected chi connectivity index (χ0v) is 12.9. The molecule has 0 saturated carbocycles. The summed E-state index contributed by atoms with van der Waals surface area (Å²) >= 11 is 6.65. The number of unbranched alkanes of at least 4 members (excludes halogenated alkanes) is 4. The normalized spacial score (nSPS) is 16.0. The SMILES string of the molecule is CCCCC=C[Si](Cl)(C=CCCCC)CC. The lowest BCUT2D eigenvalue weighted by Crippen LogP contribution is -2.20. The predicted molar refractivity (Wildman–Crippen MR) is 79.4 cm³/mol. The van der Waals surface area contributed by atoms with Crippen LogP contribution in [0.5, 0.6) is 0 Å². The second kappa shape index (κ2) is 10.2. The fourth-order valence-corrected chi connectivity index (χ4v) is 3.73. The molecule has 0 aliphatic rings. The monoisotopic (exact) mass is 258 g/mol. The van der Waals surface area contributed by atoms with Crippen molar-refractivity contribution >= 4 is 18.5 Å². The van der Waals surface area contributed by atoms with E-state index in [1.165, 1.54) is 38.5 Å². The van der Waals surface area contributed by atoms with Gasteiger partial charge in [-0.05, 0) is 18.9 Å². The van der Waals surface area contributed by atoms with Crippen LogP contribution in [-0.2, 0) is 0 Å². The summed E-state index contributed by atoms with van der Waals surface area (Å²) in [6.45, 7) is 6.65. The van der Waals surface area contributed by atoms with Crippen molar-refractivity contribution in [3.05, 3.63) is 23.6 Å². The van der Waals surface area contributed by atoms with E-state index in [1.807, 2.05) is 0 Å². The molecule has 0 nitrogen and oxygen atoms in total. The van der Waals surface area contributed by atoms with Crippen molar-refractivity contribution in [3.8, 4) is 0 Å². The standard InChI is InChI=1S/C14H27ClSi/c1-4-7-9-11-13-16(15,6-3)14-12-10-8-5-2/h11-14H,4-10H2,1-3H3. The molecule has 0 aliphatic carbocycles. The summed E-state index contributed by atoms with van der Waals surface area (Å²) in [7, 11) is -1.71. The average Bonchev–Trinajstić information content (AvgIpc) is 2.31. The van der Waals surface area contributed by atoms with Gasteiger partial charge in [-0.1, -0.05) is 70.0 Å². The van der Waals surface area contributed by atoms with Gasteiger partial charge in [0, 0.05) is 0 Å². The van der Waals surface area contributed by atoms with E-state index in [2.05, 4.69) is 44.3 Å². The molecule has 0 bridgehead atoms. The van der Waals surface area contributed by atoms with Crippen molar-refractivity contribution in [2.45, 2.75) is 65.3 Å². The quantitative estimate of drug-likeness (QED) is 0.280. The Labute approximate surface area is 107 Å². The summed E-state index contributed by atoms with van der Waals surface area (Å²) in [5, 5.41) is 0. The van der Waals surface area contributed by atoms with Crippen molar-refractivity contribution in [1.82, 2.24) is 0 Å². The Morgan fingerprint density at radius 3 is 1.62 bits per heavy atom. The highest BCUT2D eigenvalue weighted by atomic mass is 35.6. The molecule has 0 aromatic heterocycles. The van der Waals surface area contributed by atoms with Gasteiger partial charge in [0.2, 0.25) is 7.38 Å². The number of allylic oxidation sites excluding steroid dienone is 2. The molecule has 2 heteroatoms. The van der Waals surface area contributed by atoms with Gasteiger partial charge < -0.3 is 0 Å². The third kappa shape index (κ3) is 8.18. The van der Waals surface area contributed by atoms with Crippen LogP contribution in [0.4, 0.5) is 0 Å². The molecule has 0 radical (unpaired) electrons. The van der Waals surface area contributed by atoms with Crippen LogP contribution in [0, 0.1) is 0 Å². The maximum Gasteiger partial charge on any atom is 0.202 e. The first-order valence-electron chi connectivity index (χ1n) is 6.72. The topological polar surface area (TPSA) is 0 Å². The molecule has 0 heterocycles. The Bertz CT molecular complexity index is 191. The Balaban J connectivity index is 4.08. The van der Waals surface area contributed by atoms with Crippen molar-refractivity contribution in [2.24, 2.45) is 0 Å². The molecular weight excluding hydrogens is 232 g/mol. The Kier molecular flexibility index (Phi) is 10.2. The maximum atomic E-state index is 6.65. The van der Waals surface area contributed by atoms with Gasteiger partial charge in [0.1, 0.15) is 0 Å². The first kappa shape index (κ1) is 16.0. The van der Waals surface area contributed by atoms with Crippen molar-refractivity contribution < 1.29 is 0 Å². The fraction of sp³-hybridized carbons (Fsp3) is 0.714. The Morgan fingerprint density at radius 2 is 1.31 bits per heavy atom. The van der Waals surface area contributed by atoms with Crippen LogP contribution in [0.2, 0.25) is 6.04 Å². The zero-order valence-electron chi connectivity index (χ0n) is 11.1. The summed E-state index contributed by atoms with van der Waals surface area (Å²) < 4.78 is 0. The largest absolute Gasteiger partial charge is 0.202 e. The van der Waals surface area contributed by atoms with E-state index in [9.17, 15) is 0 Å². The van der Waals surface area contributed by atoms with Crippen LogP contribution in [0.25, 0.3) is 0 Å². The van der Waals surface area contributed by atoms with E-state index >= 15 is 0 Å². The lowest BCUT2D eigenvalue weighted by molar-refractivity contribution is 0.814. The molecule has 0 unspecified atom stereocenters. The zero-order chi connectivity index (χ0) is 12.3. The maximum absolute atomic E-state index is 6.65. The molecular formula is C14H27ClSi. The van der Waals surface area contributed by atoms with Crippen LogP contribution in [0.1, 0.15) is 59.3 Å². The molecule has 0 amide bonds. The Hall–Kier alpha value is -0.0131. The summed E-state index contributed by atoms with van der Waals surface area (Å²) in [6, 6.07) is 1.10. The van der Waals surface area contributed by atoms with Crippen LogP contribution in [0.3, 0.4) is 0 Å². The van der Waals surface area contributed by atoms with Gasteiger partial charge in [-0.25, -0.2) is 0 Å². The average molecular weight is 259 g/mol. The molecule has 0 rings (SSSR count). The lowest BCUT2D eigenvalue weighted by atomic mass is 10.2. The third-order valence-electron chi connectivity index (χ3n) is 2.78. The van der Waals surface area contributed by atoms with Gasteiger partial charge in [-0.15, -0.1) is 0 Å². The summed E-state index contributed by atoms with van der Waals surface area (Å²) in [4.78, 5) is 0. The number of hydrogen-bond acceptors (Lipinski definition) is 0. The minimum atomic E-state index is -1.71. The minimum Gasteiger partial charge on any atom is -0.156 e. The smallest absolute Gasteiger partial charge is 0.156 e. The van der Waals surface area contributed by atoms with Crippen molar-refractivity contribution in [1.29, 1.82) is 0 Å². The van der Waals surface area contributed by atoms with E-state index in [0.717, 1.165) is 6.04 Å². The number of halogens is 1. The highest BCUT2D eigenvalue weighted by Gasteiger charge is 2.20. The fourth-order valence-electron chi connectivity index (χ4n) is 1.49. The molecule has 0 fully saturated rings. The van der Waals surface area contributed by atoms with E-state index in [-0.39, 0.29) is 0 Å². The number of hydrogen-bond donors (Lipinski definition) is 0. The molecule has 0 saturated heterocycles. The van der Waals surface area contributed by atoms with Gasteiger partial charge in [0.05, 0.1) is 0 Å². The van der Waals surface area contributed by atoms with E-state index in [1.54, 1.807) is 0 Å². The molecule has 0 atom stereocenters. The van der Waals surface area contributed by atoms with Crippen LogP contribution < -0.4 is 0 Å². The molecule has 0 spiro atoms. The molecule has 0 aromatic carbocycles. The second-order valence-corrected chi connectivity index (χ2v) is 9.71. The first-order chi connectivity index (χ1) is 7.68. The van der Waals surface area contributed by atoms with Gasteiger partial charge >= 0.3 is 0 Å². The van der Waals surface area contributed by atoms with Crippen LogP contribution >= 0.6 is 11.1 Å². The van der Waals surface area contributed by atoms with Gasteiger partial charge in [0.15, 0.2) is 0 Å². The Morgan fingerprint density at radius 1 is 0.875 bits per heavy atom. The van der Waals surface area contributed by atoms with E-state index in [4.69, 9.17) is 11.1 Å². The minimum absolute atomic E-state index is 1.10. The molecule has 0 N–H and O–H groups in total. The van der Waals surface area contributed by atoms with Gasteiger partial charge in [-0.2, -0.15) is 11.1 Å². The first-order valence-corrected chi connectivity index (χ1v) is 10.1. The molecule has 94 valence electrons.